The van der Waals surface area contributed by atoms with Crippen LogP contribution in [0.1, 0.15) is 34.0 Å². The van der Waals surface area contributed by atoms with Gasteiger partial charge >= 0.3 is 0 Å². The van der Waals surface area contributed by atoms with Gasteiger partial charge in [0.05, 0.1) is 19.3 Å². The molecule has 3 rings (SSSR count). The van der Waals surface area contributed by atoms with Gasteiger partial charge in [-0.3, -0.25) is 19.3 Å². The molecule has 0 saturated carbocycles. The van der Waals surface area contributed by atoms with E-state index in [1.807, 2.05) is 12.1 Å². The third kappa shape index (κ3) is 5.77. The summed E-state index contributed by atoms with van der Waals surface area (Å²) < 4.78 is 5.24. The Morgan fingerprint density at radius 3 is 2.03 bits per heavy atom. The number of hydrogen-bond acceptors (Lipinski definition) is 6. The molecule has 1 aliphatic rings. The first-order valence-electron chi connectivity index (χ1n) is 11.3. The quantitative estimate of drug-likeness (QED) is 0.436. The van der Waals surface area contributed by atoms with Gasteiger partial charge in [-0.15, -0.1) is 0 Å². The zero-order valence-electron chi connectivity index (χ0n) is 20.5. The molecule has 0 aromatic heterocycles. The van der Waals surface area contributed by atoms with Crippen LogP contribution in [-0.4, -0.2) is 85.0 Å². The van der Waals surface area contributed by atoms with Crippen LogP contribution in [0.15, 0.2) is 48.5 Å². The molecule has 1 saturated heterocycles. The van der Waals surface area contributed by atoms with E-state index in [1.165, 1.54) is 26.6 Å². The van der Waals surface area contributed by atoms with Gasteiger partial charge in [-0.25, -0.2) is 0 Å². The smallest absolute Gasteiger partial charge is 0.254 e. The van der Waals surface area contributed by atoms with E-state index in [0.717, 1.165) is 35.8 Å². The molecule has 0 bridgehead atoms. The Labute approximate surface area is 205 Å². The van der Waals surface area contributed by atoms with Crippen LogP contribution in [-0.2, 0) is 20.9 Å². The predicted molar refractivity (Wildman–Crippen MR) is 132 cm³/mol. The Bertz CT molecular complexity index is 1110. The summed E-state index contributed by atoms with van der Waals surface area (Å²) in [6.07, 6.45) is 0. The van der Waals surface area contributed by atoms with E-state index in [0.29, 0.717) is 11.6 Å². The van der Waals surface area contributed by atoms with Gasteiger partial charge in [0, 0.05) is 37.3 Å². The minimum atomic E-state index is -1.83. The van der Waals surface area contributed by atoms with Gasteiger partial charge in [-0.1, -0.05) is 24.0 Å². The SMILES string of the molecule is CNC(=O)[C@@](C)(C(=O)CO)N(C)C(=O)c1ccc(C#Cc2ccc(CN(C)C3COC3)cc2)cc1. The molecule has 1 aliphatic heterocycles. The number of benzene rings is 2. The fourth-order valence-corrected chi connectivity index (χ4v) is 3.69. The van der Waals surface area contributed by atoms with E-state index < -0.39 is 29.7 Å². The summed E-state index contributed by atoms with van der Waals surface area (Å²) >= 11 is 0. The second-order valence-electron chi connectivity index (χ2n) is 8.73. The van der Waals surface area contributed by atoms with E-state index in [-0.39, 0.29) is 0 Å². The molecule has 1 heterocycles. The molecule has 35 heavy (non-hydrogen) atoms. The molecule has 2 amide bonds. The van der Waals surface area contributed by atoms with Crippen molar-refractivity contribution in [2.24, 2.45) is 0 Å². The number of carbonyl (C=O) groups excluding carboxylic acids is 3. The number of nitrogens with one attached hydrogen (secondary N) is 1. The van der Waals surface area contributed by atoms with Gasteiger partial charge in [0.15, 0.2) is 11.3 Å². The Morgan fingerprint density at radius 1 is 1.03 bits per heavy atom. The molecule has 8 heteroatoms. The highest BCUT2D eigenvalue weighted by molar-refractivity contribution is 6.14. The number of ether oxygens (including phenoxy) is 1. The predicted octanol–water partition coefficient (Wildman–Crippen LogP) is 1.06. The number of carbonyl (C=O) groups is 3. The number of Topliss-reactive ketones (excluding diaryl/α,β-unsaturated/α-hetero) is 1. The lowest BCUT2D eigenvalue weighted by Gasteiger charge is -2.35. The fraction of sp³-hybridized carbons (Fsp3) is 0.370. The van der Waals surface area contributed by atoms with Gasteiger partial charge in [0.2, 0.25) is 0 Å². The highest BCUT2D eigenvalue weighted by atomic mass is 16.5. The Kier molecular flexibility index (Phi) is 8.41. The minimum Gasteiger partial charge on any atom is -0.388 e. The summed E-state index contributed by atoms with van der Waals surface area (Å²) in [4.78, 5) is 40.9. The maximum absolute atomic E-state index is 13.0. The molecule has 0 spiro atoms. The van der Waals surface area contributed by atoms with Gasteiger partial charge in [0.25, 0.3) is 11.8 Å². The monoisotopic (exact) mass is 477 g/mol. The van der Waals surface area contributed by atoms with Crippen LogP contribution in [0, 0.1) is 11.8 Å². The van der Waals surface area contributed by atoms with E-state index in [4.69, 9.17) is 4.74 Å². The number of amides is 2. The van der Waals surface area contributed by atoms with E-state index >= 15 is 0 Å². The van der Waals surface area contributed by atoms with Crippen molar-refractivity contribution in [3.63, 3.8) is 0 Å². The van der Waals surface area contributed by atoms with E-state index in [2.05, 4.69) is 41.2 Å². The van der Waals surface area contributed by atoms with Crippen molar-refractivity contribution in [1.29, 1.82) is 0 Å². The van der Waals surface area contributed by atoms with Crippen LogP contribution < -0.4 is 5.32 Å². The number of ketones is 1. The van der Waals surface area contributed by atoms with Crippen LogP contribution >= 0.6 is 0 Å². The lowest BCUT2D eigenvalue weighted by Crippen LogP contribution is -2.62. The highest BCUT2D eigenvalue weighted by Gasteiger charge is 2.46. The molecule has 8 nitrogen and oxygen atoms in total. The van der Waals surface area contributed by atoms with Crippen LogP contribution in [0.25, 0.3) is 0 Å². The number of nitrogens with zero attached hydrogens (tertiary/aromatic N) is 2. The third-order valence-corrected chi connectivity index (χ3v) is 6.44. The third-order valence-electron chi connectivity index (χ3n) is 6.44. The van der Waals surface area contributed by atoms with Gasteiger partial charge < -0.3 is 20.1 Å². The Morgan fingerprint density at radius 2 is 1.57 bits per heavy atom. The van der Waals surface area contributed by atoms with Crippen molar-refractivity contribution in [3.8, 4) is 11.8 Å². The second kappa shape index (κ2) is 11.3. The summed E-state index contributed by atoms with van der Waals surface area (Å²) in [7, 11) is 4.82. The molecule has 2 N–H and O–H groups in total. The normalized spacial score (nSPS) is 14.8. The van der Waals surface area contributed by atoms with Crippen molar-refractivity contribution >= 4 is 17.6 Å². The summed E-state index contributed by atoms with van der Waals surface area (Å²) in [6, 6.07) is 15.2. The molecule has 2 aromatic rings. The maximum atomic E-state index is 13.0. The largest absolute Gasteiger partial charge is 0.388 e. The van der Waals surface area contributed by atoms with E-state index in [1.54, 1.807) is 24.3 Å². The van der Waals surface area contributed by atoms with Crippen molar-refractivity contribution in [2.45, 2.75) is 25.0 Å². The first-order valence-corrected chi connectivity index (χ1v) is 11.3. The first-order chi connectivity index (χ1) is 16.7. The van der Waals surface area contributed by atoms with Crippen LogP contribution in [0.4, 0.5) is 0 Å². The number of hydrogen-bond donors (Lipinski definition) is 2. The van der Waals surface area contributed by atoms with Gasteiger partial charge in [-0.2, -0.15) is 0 Å². The van der Waals surface area contributed by atoms with Crippen molar-refractivity contribution in [1.82, 2.24) is 15.1 Å². The summed E-state index contributed by atoms with van der Waals surface area (Å²) in [5.74, 6) is 4.24. The molecule has 184 valence electrons. The van der Waals surface area contributed by atoms with E-state index in [9.17, 15) is 19.5 Å². The molecule has 0 aliphatic carbocycles. The molecule has 0 radical (unpaired) electrons. The van der Waals surface area contributed by atoms with Crippen LogP contribution in [0.2, 0.25) is 0 Å². The number of aliphatic hydroxyl groups excluding tert-OH is 1. The Hall–Kier alpha value is -3.51. The molecule has 1 atom stereocenters. The van der Waals surface area contributed by atoms with Gasteiger partial charge in [0.1, 0.15) is 6.61 Å². The van der Waals surface area contributed by atoms with Gasteiger partial charge in [-0.05, 0) is 55.9 Å². The number of rotatable bonds is 8. The van der Waals surface area contributed by atoms with Crippen molar-refractivity contribution in [3.05, 3.63) is 70.8 Å². The molecular weight excluding hydrogens is 446 g/mol. The number of likely N-dealkylation sites (N-methyl/N-ethyl adjacent to an activating group) is 3. The summed E-state index contributed by atoms with van der Waals surface area (Å²) in [5.41, 5.74) is 1.28. The molecule has 1 fully saturated rings. The Balaban J connectivity index is 1.67. The fourth-order valence-electron chi connectivity index (χ4n) is 3.69. The highest BCUT2D eigenvalue weighted by Crippen LogP contribution is 2.19. The zero-order chi connectivity index (χ0) is 25.6. The topological polar surface area (TPSA) is 99.2 Å². The maximum Gasteiger partial charge on any atom is 0.254 e. The minimum absolute atomic E-state index is 0.296. The van der Waals surface area contributed by atoms with Crippen LogP contribution in [0.3, 0.4) is 0 Å². The lowest BCUT2D eigenvalue weighted by molar-refractivity contribution is -0.143. The van der Waals surface area contributed by atoms with Crippen LogP contribution in [0.5, 0.6) is 0 Å². The average Bonchev–Trinajstić information content (AvgIpc) is 2.85. The number of aliphatic hydroxyl groups is 1. The molecule has 2 aromatic carbocycles. The first kappa shape index (κ1) is 26.1. The summed E-state index contributed by atoms with van der Waals surface area (Å²) in [6.45, 7) is 2.88. The average molecular weight is 478 g/mol. The second-order valence-corrected chi connectivity index (χ2v) is 8.73. The standard InChI is InChI=1S/C27H31N3O5/c1-27(24(32)16-31,26(34)28-2)30(4)25(33)22-13-11-20(12-14-22)6-5-19-7-9-21(10-8-19)15-29(3)23-17-35-18-23/h7-14,23,31H,15-18H2,1-4H3,(H,28,34)/t27-/m1/s1. The van der Waals surface area contributed by atoms with Crippen molar-refractivity contribution in [2.75, 3.05) is 41.0 Å². The molecular formula is C27H31N3O5. The molecule has 0 unspecified atom stereocenters. The summed E-state index contributed by atoms with van der Waals surface area (Å²) in [5, 5.41) is 11.7. The zero-order valence-corrected chi connectivity index (χ0v) is 20.5. The van der Waals surface area contributed by atoms with Crippen molar-refractivity contribution < 1.29 is 24.2 Å². The lowest BCUT2D eigenvalue weighted by atomic mass is 9.92.